The number of nitriles is 1. The van der Waals surface area contributed by atoms with Gasteiger partial charge in [-0.25, -0.2) is 0 Å². The fraction of sp³-hybridized carbons (Fsp3) is 0.533. The topological polar surface area (TPSA) is 45.0 Å². The van der Waals surface area contributed by atoms with E-state index < -0.39 is 5.54 Å². The van der Waals surface area contributed by atoms with Gasteiger partial charge < -0.3 is 4.74 Å². The van der Waals surface area contributed by atoms with E-state index in [1.54, 1.807) is 0 Å². The van der Waals surface area contributed by atoms with Crippen molar-refractivity contribution in [1.29, 1.82) is 5.26 Å². The van der Waals surface area contributed by atoms with Crippen LogP contribution in [0, 0.1) is 17.2 Å². The van der Waals surface area contributed by atoms with Crippen molar-refractivity contribution in [2.75, 3.05) is 6.61 Å². The van der Waals surface area contributed by atoms with Crippen molar-refractivity contribution in [3.05, 3.63) is 30.3 Å². The summed E-state index contributed by atoms with van der Waals surface area (Å²) in [6, 6.07) is 12.4. The molecule has 0 spiro atoms. The monoisotopic (exact) mass is 244 g/mol. The Hall–Kier alpha value is -1.53. The van der Waals surface area contributed by atoms with Crippen LogP contribution in [-0.4, -0.2) is 18.2 Å². The van der Waals surface area contributed by atoms with Gasteiger partial charge >= 0.3 is 0 Å². The predicted octanol–water partition coefficient (Wildman–Crippen LogP) is 2.74. The molecule has 96 valence electrons. The number of hydrogen-bond donors (Lipinski definition) is 1. The molecule has 2 rings (SSSR count). The quantitative estimate of drug-likeness (QED) is 0.837. The second kappa shape index (κ2) is 5.41. The van der Waals surface area contributed by atoms with Gasteiger partial charge in [-0.05, 0) is 44.7 Å². The Balaban J connectivity index is 2.04. The first-order valence-corrected chi connectivity index (χ1v) is 6.53. The summed E-state index contributed by atoms with van der Waals surface area (Å²) in [5.41, 5.74) is -0.538. The van der Waals surface area contributed by atoms with Gasteiger partial charge in [0.2, 0.25) is 0 Å². The fourth-order valence-corrected chi connectivity index (χ4v) is 2.24. The first-order valence-electron chi connectivity index (χ1n) is 6.53. The summed E-state index contributed by atoms with van der Waals surface area (Å²) in [6.45, 7) is 4.55. The summed E-state index contributed by atoms with van der Waals surface area (Å²) < 4.78 is 5.78. The molecule has 0 bridgehead atoms. The van der Waals surface area contributed by atoms with Gasteiger partial charge in [0.1, 0.15) is 17.9 Å². The first kappa shape index (κ1) is 12.9. The van der Waals surface area contributed by atoms with E-state index in [-0.39, 0.29) is 6.04 Å². The Kier molecular flexibility index (Phi) is 3.88. The molecular formula is C15H20N2O. The second-order valence-corrected chi connectivity index (χ2v) is 5.26. The molecule has 0 radical (unpaired) electrons. The molecule has 1 N–H and O–H groups in total. The molecule has 1 aliphatic carbocycles. The standard InChI is InChI=1S/C15H20N2O/c1-12(2)17-15(10-16,13-8-9-13)11-18-14-6-4-3-5-7-14/h3-7,12-13,17H,8-9,11H2,1-2H3. The van der Waals surface area contributed by atoms with Crippen LogP contribution in [0.2, 0.25) is 0 Å². The predicted molar refractivity (Wildman–Crippen MR) is 71.3 cm³/mol. The lowest BCUT2D eigenvalue weighted by molar-refractivity contribution is 0.192. The third-order valence-electron chi connectivity index (χ3n) is 3.23. The number of hydrogen-bond acceptors (Lipinski definition) is 3. The van der Waals surface area contributed by atoms with Gasteiger partial charge in [0.05, 0.1) is 6.07 Å². The minimum absolute atomic E-state index is 0.282. The van der Waals surface area contributed by atoms with Gasteiger partial charge in [-0.1, -0.05) is 18.2 Å². The van der Waals surface area contributed by atoms with E-state index in [0.29, 0.717) is 12.5 Å². The normalized spacial score (nSPS) is 18.1. The Bertz CT molecular complexity index is 420. The molecular weight excluding hydrogens is 224 g/mol. The number of benzene rings is 1. The summed E-state index contributed by atoms with van der Waals surface area (Å²) >= 11 is 0. The van der Waals surface area contributed by atoms with E-state index >= 15 is 0 Å². The van der Waals surface area contributed by atoms with Crippen molar-refractivity contribution in [3.8, 4) is 11.8 Å². The molecule has 3 heteroatoms. The molecule has 0 amide bonds. The second-order valence-electron chi connectivity index (χ2n) is 5.26. The van der Waals surface area contributed by atoms with Crippen LogP contribution in [-0.2, 0) is 0 Å². The summed E-state index contributed by atoms with van der Waals surface area (Å²) in [4.78, 5) is 0. The fourth-order valence-electron chi connectivity index (χ4n) is 2.24. The number of nitrogens with zero attached hydrogens (tertiary/aromatic N) is 1. The van der Waals surface area contributed by atoms with Crippen LogP contribution in [0.5, 0.6) is 5.75 Å². The zero-order valence-electron chi connectivity index (χ0n) is 11.0. The molecule has 1 saturated carbocycles. The molecule has 0 aromatic heterocycles. The molecule has 18 heavy (non-hydrogen) atoms. The van der Waals surface area contributed by atoms with Crippen molar-refractivity contribution in [2.45, 2.75) is 38.3 Å². The maximum atomic E-state index is 9.52. The highest BCUT2D eigenvalue weighted by Crippen LogP contribution is 2.40. The van der Waals surface area contributed by atoms with E-state index in [9.17, 15) is 5.26 Å². The van der Waals surface area contributed by atoms with E-state index in [2.05, 4.69) is 25.2 Å². The van der Waals surface area contributed by atoms with Crippen LogP contribution >= 0.6 is 0 Å². The molecule has 1 aliphatic rings. The number of nitrogens with one attached hydrogen (secondary N) is 1. The largest absolute Gasteiger partial charge is 0.491 e. The number of para-hydroxylation sites is 1. The van der Waals surface area contributed by atoms with E-state index in [0.717, 1.165) is 18.6 Å². The smallest absolute Gasteiger partial charge is 0.144 e. The molecule has 0 aliphatic heterocycles. The molecule has 1 aromatic rings. The van der Waals surface area contributed by atoms with Crippen molar-refractivity contribution in [1.82, 2.24) is 5.32 Å². The minimum atomic E-state index is -0.538. The van der Waals surface area contributed by atoms with E-state index in [1.165, 1.54) is 0 Å². The van der Waals surface area contributed by atoms with Gasteiger partial charge in [-0.15, -0.1) is 0 Å². The summed E-state index contributed by atoms with van der Waals surface area (Å²) in [5.74, 6) is 1.25. The van der Waals surface area contributed by atoms with Crippen LogP contribution in [0.3, 0.4) is 0 Å². The van der Waals surface area contributed by atoms with Crippen molar-refractivity contribution in [2.24, 2.45) is 5.92 Å². The Labute approximate surface area is 109 Å². The molecule has 3 nitrogen and oxygen atoms in total. The lowest BCUT2D eigenvalue weighted by atomic mass is 9.95. The number of rotatable bonds is 6. The lowest BCUT2D eigenvalue weighted by Crippen LogP contribution is -2.53. The maximum Gasteiger partial charge on any atom is 0.144 e. The molecule has 1 atom stereocenters. The van der Waals surface area contributed by atoms with Gasteiger partial charge in [0.15, 0.2) is 0 Å². The highest BCUT2D eigenvalue weighted by molar-refractivity contribution is 5.23. The lowest BCUT2D eigenvalue weighted by Gasteiger charge is -2.30. The highest BCUT2D eigenvalue weighted by Gasteiger charge is 2.46. The zero-order chi connectivity index (χ0) is 13.0. The third kappa shape index (κ3) is 3.02. The van der Waals surface area contributed by atoms with Gasteiger partial charge in [-0.3, -0.25) is 5.32 Å². The summed E-state index contributed by atoms with van der Waals surface area (Å²) in [5, 5.41) is 12.9. The Morgan fingerprint density at radius 3 is 2.56 bits per heavy atom. The molecule has 0 saturated heterocycles. The van der Waals surface area contributed by atoms with Crippen LogP contribution in [0.4, 0.5) is 0 Å². The molecule has 1 aromatic carbocycles. The van der Waals surface area contributed by atoms with Crippen molar-refractivity contribution < 1.29 is 4.74 Å². The Morgan fingerprint density at radius 1 is 1.39 bits per heavy atom. The van der Waals surface area contributed by atoms with E-state index in [1.807, 2.05) is 30.3 Å². The van der Waals surface area contributed by atoms with Crippen LogP contribution in [0.15, 0.2) is 30.3 Å². The highest BCUT2D eigenvalue weighted by atomic mass is 16.5. The average molecular weight is 244 g/mol. The summed E-state index contributed by atoms with van der Waals surface area (Å²) in [6.07, 6.45) is 2.23. The van der Waals surface area contributed by atoms with Crippen LogP contribution in [0.25, 0.3) is 0 Å². The maximum absolute atomic E-state index is 9.52. The van der Waals surface area contributed by atoms with Crippen molar-refractivity contribution in [3.63, 3.8) is 0 Å². The minimum Gasteiger partial charge on any atom is -0.491 e. The van der Waals surface area contributed by atoms with E-state index in [4.69, 9.17) is 4.74 Å². The SMILES string of the molecule is CC(C)NC(C#N)(COc1ccccc1)C1CC1. The van der Waals surface area contributed by atoms with Crippen LogP contribution in [0.1, 0.15) is 26.7 Å². The Morgan fingerprint density at radius 2 is 2.06 bits per heavy atom. The van der Waals surface area contributed by atoms with Gasteiger partial charge in [0.25, 0.3) is 0 Å². The number of ether oxygens (including phenoxy) is 1. The first-order chi connectivity index (χ1) is 8.66. The van der Waals surface area contributed by atoms with Crippen LogP contribution < -0.4 is 10.1 Å². The van der Waals surface area contributed by atoms with Gasteiger partial charge in [0, 0.05) is 6.04 Å². The molecule has 1 fully saturated rings. The molecule has 0 heterocycles. The average Bonchev–Trinajstić information content (AvgIpc) is 3.20. The zero-order valence-corrected chi connectivity index (χ0v) is 11.0. The third-order valence-corrected chi connectivity index (χ3v) is 3.23. The van der Waals surface area contributed by atoms with Crippen molar-refractivity contribution >= 4 is 0 Å². The molecule has 1 unspecified atom stereocenters. The van der Waals surface area contributed by atoms with Gasteiger partial charge in [-0.2, -0.15) is 5.26 Å². The summed E-state index contributed by atoms with van der Waals surface area (Å²) in [7, 11) is 0.